The summed E-state index contributed by atoms with van der Waals surface area (Å²) in [5, 5.41) is 5.11. The molecule has 1 fully saturated rings. The average Bonchev–Trinajstić information content (AvgIpc) is 2.88. The lowest BCUT2D eigenvalue weighted by Gasteiger charge is -2.14. The minimum absolute atomic E-state index is 0.142. The van der Waals surface area contributed by atoms with E-state index < -0.39 is 0 Å². The van der Waals surface area contributed by atoms with Gasteiger partial charge in [0, 0.05) is 34.3 Å². The van der Waals surface area contributed by atoms with Crippen LogP contribution in [0.1, 0.15) is 23.5 Å². The summed E-state index contributed by atoms with van der Waals surface area (Å²) in [6, 6.07) is 17.3. The Hall–Kier alpha value is -2.22. The van der Waals surface area contributed by atoms with E-state index in [0.717, 1.165) is 0 Å². The van der Waals surface area contributed by atoms with Gasteiger partial charge < -0.3 is 10.3 Å². The van der Waals surface area contributed by atoms with Crippen molar-refractivity contribution in [1.82, 2.24) is 4.98 Å². The summed E-state index contributed by atoms with van der Waals surface area (Å²) < 4.78 is 0. The molecule has 2 N–H and O–H groups in total. The predicted molar refractivity (Wildman–Crippen MR) is 77.4 cm³/mol. The van der Waals surface area contributed by atoms with Gasteiger partial charge in [0.25, 0.3) is 0 Å². The zero-order valence-electron chi connectivity index (χ0n) is 10.5. The monoisotopic (exact) mass is 246 g/mol. The molecule has 0 bridgehead atoms. The molecule has 2 heteroatoms. The Morgan fingerprint density at radius 3 is 2.79 bits per heavy atom. The third-order valence-electron chi connectivity index (χ3n) is 4.72. The van der Waals surface area contributed by atoms with Crippen LogP contribution in [-0.4, -0.2) is 4.98 Å². The highest BCUT2D eigenvalue weighted by molar-refractivity contribution is 5.87. The van der Waals surface area contributed by atoms with Crippen molar-refractivity contribution >= 4 is 16.6 Å². The molecule has 19 heavy (non-hydrogen) atoms. The molecule has 2 heterocycles. The molecule has 1 aromatic heterocycles. The van der Waals surface area contributed by atoms with Gasteiger partial charge in [-0.1, -0.05) is 36.4 Å². The molecule has 2 aromatic carbocycles. The van der Waals surface area contributed by atoms with Crippen molar-refractivity contribution in [3.8, 4) is 0 Å². The molecular weight excluding hydrogens is 232 g/mol. The van der Waals surface area contributed by atoms with Gasteiger partial charge in [0.05, 0.1) is 5.54 Å². The molecule has 0 radical (unpaired) electrons. The van der Waals surface area contributed by atoms with E-state index in [0.29, 0.717) is 5.92 Å². The first-order valence-electron chi connectivity index (χ1n) is 6.82. The lowest BCUT2D eigenvalue weighted by atomic mass is 10.0. The highest BCUT2D eigenvalue weighted by Gasteiger charge is 2.61. The second-order valence-electron chi connectivity index (χ2n) is 5.69. The van der Waals surface area contributed by atoms with Gasteiger partial charge in [0.1, 0.15) is 0 Å². The molecule has 2 atom stereocenters. The highest BCUT2D eigenvalue weighted by atomic mass is 15.1. The minimum Gasteiger partial charge on any atom is -0.375 e. The second-order valence-corrected chi connectivity index (χ2v) is 5.69. The van der Waals surface area contributed by atoms with Gasteiger partial charge in [0.2, 0.25) is 0 Å². The lowest BCUT2D eigenvalue weighted by Crippen LogP contribution is -2.16. The van der Waals surface area contributed by atoms with E-state index in [-0.39, 0.29) is 5.54 Å². The summed E-state index contributed by atoms with van der Waals surface area (Å²) in [6.45, 7) is 0. The second kappa shape index (κ2) is 3.02. The van der Waals surface area contributed by atoms with Crippen LogP contribution in [0.25, 0.3) is 10.9 Å². The van der Waals surface area contributed by atoms with Gasteiger partial charge in [-0.05, 0) is 24.1 Å². The van der Waals surface area contributed by atoms with Gasteiger partial charge >= 0.3 is 0 Å². The van der Waals surface area contributed by atoms with Crippen molar-refractivity contribution in [3.63, 3.8) is 0 Å². The fraction of sp³-hybridized carbons (Fsp3) is 0.176. The smallest absolute Gasteiger partial charge is 0.0723 e. The fourth-order valence-electron chi connectivity index (χ4n) is 3.74. The zero-order valence-corrected chi connectivity index (χ0v) is 10.5. The number of aromatic nitrogens is 1. The van der Waals surface area contributed by atoms with Crippen LogP contribution in [-0.2, 0) is 5.54 Å². The first-order valence-corrected chi connectivity index (χ1v) is 6.82. The quantitative estimate of drug-likeness (QED) is 0.668. The number of anilines is 1. The average molecular weight is 246 g/mol. The van der Waals surface area contributed by atoms with Crippen LogP contribution in [0.5, 0.6) is 0 Å². The summed E-state index contributed by atoms with van der Waals surface area (Å²) in [5.41, 5.74) is 5.58. The maximum atomic E-state index is 3.76. The number of hydrogen-bond acceptors (Lipinski definition) is 1. The topological polar surface area (TPSA) is 27.8 Å². The summed E-state index contributed by atoms with van der Waals surface area (Å²) in [4.78, 5) is 3.40. The van der Waals surface area contributed by atoms with E-state index in [9.17, 15) is 0 Å². The van der Waals surface area contributed by atoms with E-state index in [1.807, 2.05) is 0 Å². The molecular formula is C17H14N2. The van der Waals surface area contributed by atoms with E-state index in [4.69, 9.17) is 0 Å². The molecule has 0 amide bonds. The number of benzene rings is 2. The Morgan fingerprint density at radius 2 is 1.84 bits per heavy atom. The molecule has 2 nitrogen and oxygen atoms in total. The van der Waals surface area contributed by atoms with Gasteiger partial charge in [-0.3, -0.25) is 0 Å². The maximum Gasteiger partial charge on any atom is 0.0723 e. The lowest BCUT2D eigenvalue weighted by molar-refractivity contribution is 0.813. The number of rotatable bonds is 1. The Labute approximate surface area is 111 Å². The van der Waals surface area contributed by atoms with Crippen LogP contribution < -0.4 is 5.32 Å². The minimum atomic E-state index is 0.142. The maximum absolute atomic E-state index is 3.76. The Bertz CT molecular complexity index is 802. The largest absolute Gasteiger partial charge is 0.375 e. The van der Waals surface area contributed by atoms with Crippen LogP contribution >= 0.6 is 0 Å². The van der Waals surface area contributed by atoms with Crippen LogP contribution in [0.15, 0.2) is 54.7 Å². The van der Waals surface area contributed by atoms with Crippen LogP contribution in [0.3, 0.4) is 0 Å². The highest BCUT2D eigenvalue weighted by Crippen LogP contribution is 2.67. The normalized spacial score (nSPS) is 26.8. The van der Waals surface area contributed by atoms with Gasteiger partial charge in [-0.2, -0.15) is 0 Å². The van der Waals surface area contributed by atoms with Gasteiger partial charge in [0.15, 0.2) is 0 Å². The summed E-state index contributed by atoms with van der Waals surface area (Å²) in [6.07, 6.45) is 3.40. The van der Waals surface area contributed by atoms with Gasteiger partial charge in [-0.15, -0.1) is 0 Å². The molecule has 3 aromatic rings. The van der Waals surface area contributed by atoms with Crippen LogP contribution in [0.2, 0.25) is 0 Å². The van der Waals surface area contributed by atoms with Crippen molar-refractivity contribution in [2.75, 3.05) is 5.32 Å². The first-order chi connectivity index (χ1) is 9.38. The number of aromatic amines is 1. The number of nitrogens with one attached hydrogen (secondary N) is 2. The Kier molecular flexibility index (Phi) is 1.54. The van der Waals surface area contributed by atoms with Crippen LogP contribution in [0, 0.1) is 0 Å². The van der Waals surface area contributed by atoms with Crippen molar-refractivity contribution in [2.45, 2.75) is 17.9 Å². The van der Waals surface area contributed by atoms with Gasteiger partial charge in [-0.25, -0.2) is 0 Å². The summed E-state index contributed by atoms with van der Waals surface area (Å²) in [5.74, 6) is 0.642. The fourth-order valence-corrected chi connectivity index (χ4v) is 3.74. The van der Waals surface area contributed by atoms with Crippen molar-refractivity contribution in [3.05, 3.63) is 65.9 Å². The molecule has 0 saturated heterocycles. The van der Waals surface area contributed by atoms with E-state index in [1.54, 1.807) is 0 Å². The SMILES string of the molecule is c1ccc2c(c1)N[C@]1(c3c[nH]c4ccccc34)CC21. The molecule has 92 valence electrons. The Morgan fingerprint density at radius 1 is 1.00 bits per heavy atom. The van der Waals surface area contributed by atoms with Crippen LogP contribution in [0.4, 0.5) is 5.69 Å². The molecule has 0 spiro atoms. The van der Waals surface area contributed by atoms with E-state index in [2.05, 4.69) is 65.0 Å². The zero-order chi connectivity index (χ0) is 12.4. The predicted octanol–water partition coefficient (Wildman–Crippen LogP) is 3.98. The van der Waals surface area contributed by atoms with Crippen molar-refractivity contribution < 1.29 is 0 Å². The third kappa shape index (κ3) is 1.08. The summed E-state index contributed by atoms with van der Waals surface area (Å²) in [7, 11) is 0. The van der Waals surface area contributed by atoms with E-state index in [1.165, 1.54) is 34.1 Å². The Balaban J connectivity index is 1.71. The third-order valence-corrected chi connectivity index (χ3v) is 4.72. The molecule has 1 unspecified atom stereocenters. The molecule has 2 aliphatic rings. The molecule has 5 rings (SSSR count). The number of para-hydroxylation sites is 2. The first kappa shape index (κ1) is 9.68. The summed E-state index contributed by atoms with van der Waals surface area (Å²) >= 11 is 0. The standard InChI is InChI=1S/C17H14N2/c1-3-7-15-12(6-1)14(10-18-15)17-9-13(17)11-5-2-4-8-16(11)19-17/h1-8,10,13,18-19H,9H2/t13?,17-/m1/s1. The van der Waals surface area contributed by atoms with Crippen molar-refractivity contribution in [2.24, 2.45) is 0 Å². The van der Waals surface area contributed by atoms with E-state index >= 15 is 0 Å². The number of fused-ring (bicyclic) bond motifs is 4. The van der Waals surface area contributed by atoms with Crippen molar-refractivity contribution in [1.29, 1.82) is 0 Å². The number of H-pyrrole nitrogens is 1. The number of hydrogen-bond donors (Lipinski definition) is 2. The molecule has 1 aliphatic carbocycles. The molecule has 1 aliphatic heterocycles. The molecule has 1 saturated carbocycles.